The number of hydrogen-bond acceptors (Lipinski definition) is 4. The summed E-state index contributed by atoms with van der Waals surface area (Å²) in [6.45, 7) is 2.83. The smallest absolute Gasteiger partial charge is 0.0820 e. The van der Waals surface area contributed by atoms with Crippen molar-refractivity contribution in [2.45, 2.75) is 38.0 Å². The van der Waals surface area contributed by atoms with Gasteiger partial charge in [0.25, 0.3) is 0 Å². The number of nitrogens with zero attached hydrogens (tertiary/aromatic N) is 1. The summed E-state index contributed by atoms with van der Waals surface area (Å²) in [5.74, 6) is 1.15. The molecule has 1 aromatic carbocycles. The number of aliphatic hydroxyl groups excluding tert-OH is 1. The zero-order chi connectivity index (χ0) is 15.0. The van der Waals surface area contributed by atoms with Crippen molar-refractivity contribution in [2.24, 2.45) is 5.73 Å². The van der Waals surface area contributed by atoms with Crippen LogP contribution in [0.4, 0.5) is 0 Å². The van der Waals surface area contributed by atoms with Crippen molar-refractivity contribution in [1.82, 2.24) is 4.90 Å². The van der Waals surface area contributed by atoms with Crippen LogP contribution < -0.4 is 5.73 Å². The Labute approximate surface area is 127 Å². The van der Waals surface area contributed by atoms with Gasteiger partial charge in [-0.05, 0) is 44.4 Å². The van der Waals surface area contributed by atoms with Crippen LogP contribution in [0, 0.1) is 0 Å². The summed E-state index contributed by atoms with van der Waals surface area (Å²) >= 11 is 1.86. The third kappa shape index (κ3) is 6.27. The summed E-state index contributed by atoms with van der Waals surface area (Å²) in [6, 6.07) is 10.4. The Hall–Kier alpha value is -0.550. The van der Waals surface area contributed by atoms with E-state index in [1.807, 2.05) is 30.0 Å². The SMILES string of the molecule is CSCCC(C)N(C)CC(O)C(N)Cc1ccccc1. The summed E-state index contributed by atoms with van der Waals surface area (Å²) in [5.41, 5.74) is 7.29. The number of hydrogen-bond donors (Lipinski definition) is 2. The van der Waals surface area contributed by atoms with Gasteiger partial charge in [0.2, 0.25) is 0 Å². The van der Waals surface area contributed by atoms with Crippen molar-refractivity contribution < 1.29 is 5.11 Å². The largest absolute Gasteiger partial charge is 0.390 e. The Kier molecular flexibility index (Phi) is 8.22. The highest BCUT2D eigenvalue weighted by Gasteiger charge is 2.19. The quantitative estimate of drug-likeness (QED) is 0.732. The maximum Gasteiger partial charge on any atom is 0.0820 e. The maximum absolute atomic E-state index is 10.3. The predicted octanol–water partition coefficient (Wildman–Crippen LogP) is 1.99. The molecule has 0 saturated heterocycles. The molecule has 0 aromatic heterocycles. The molecule has 114 valence electrons. The number of aliphatic hydroxyl groups is 1. The third-order valence-electron chi connectivity index (χ3n) is 3.78. The van der Waals surface area contributed by atoms with Crippen LogP contribution in [0.15, 0.2) is 30.3 Å². The molecule has 0 aliphatic carbocycles. The van der Waals surface area contributed by atoms with Gasteiger partial charge in [-0.1, -0.05) is 30.3 Å². The van der Waals surface area contributed by atoms with Crippen LogP contribution in [0.3, 0.4) is 0 Å². The van der Waals surface area contributed by atoms with E-state index in [-0.39, 0.29) is 6.04 Å². The van der Waals surface area contributed by atoms with Crippen LogP contribution in [-0.4, -0.2) is 53.8 Å². The predicted molar refractivity (Wildman–Crippen MR) is 89.2 cm³/mol. The topological polar surface area (TPSA) is 49.5 Å². The van der Waals surface area contributed by atoms with Crippen LogP contribution in [-0.2, 0) is 6.42 Å². The summed E-state index contributed by atoms with van der Waals surface area (Å²) < 4.78 is 0. The van der Waals surface area contributed by atoms with Crippen LogP contribution in [0.2, 0.25) is 0 Å². The van der Waals surface area contributed by atoms with Crippen molar-refractivity contribution in [3.63, 3.8) is 0 Å². The molecule has 3 nitrogen and oxygen atoms in total. The van der Waals surface area contributed by atoms with Crippen LogP contribution in [0.25, 0.3) is 0 Å². The van der Waals surface area contributed by atoms with Crippen molar-refractivity contribution in [1.29, 1.82) is 0 Å². The molecule has 1 aromatic rings. The minimum atomic E-state index is -0.489. The highest BCUT2D eigenvalue weighted by atomic mass is 32.2. The fourth-order valence-corrected chi connectivity index (χ4v) is 2.72. The first-order chi connectivity index (χ1) is 9.54. The lowest BCUT2D eigenvalue weighted by Gasteiger charge is -2.29. The molecule has 0 aliphatic heterocycles. The molecule has 0 radical (unpaired) electrons. The van der Waals surface area contributed by atoms with Crippen molar-refractivity contribution >= 4 is 11.8 Å². The third-order valence-corrected chi connectivity index (χ3v) is 4.42. The highest BCUT2D eigenvalue weighted by molar-refractivity contribution is 7.98. The Morgan fingerprint density at radius 3 is 2.55 bits per heavy atom. The average Bonchev–Trinajstić information content (AvgIpc) is 2.45. The van der Waals surface area contributed by atoms with E-state index in [1.54, 1.807) is 0 Å². The van der Waals surface area contributed by atoms with E-state index in [1.165, 1.54) is 5.56 Å². The molecule has 0 heterocycles. The zero-order valence-corrected chi connectivity index (χ0v) is 13.6. The molecule has 0 amide bonds. The molecule has 3 unspecified atom stereocenters. The van der Waals surface area contributed by atoms with Crippen molar-refractivity contribution in [3.8, 4) is 0 Å². The molecule has 0 fully saturated rings. The van der Waals surface area contributed by atoms with Crippen LogP contribution in [0.5, 0.6) is 0 Å². The van der Waals surface area contributed by atoms with E-state index < -0.39 is 6.10 Å². The van der Waals surface area contributed by atoms with E-state index >= 15 is 0 Å². The molecule has 1 rings (SSSR count). The number of likely N-dealkylation sites (N-methyl/N-ethyl adjacent to an activating group) is 1. The van der Waals surface area contributed by atoms with Crippen molar-refractivity contribution in [3.05, 3.63) is 35.9 Å². The van der Waals surface area contributed by atoms with E-state index in [4.69, 9.17) is 5.73 Å². The standard InChI is InChI=1S/C16H28N2OS/c1-13(9-10-20-3)18(2)12-16(19)15(17)11-14-7-5-4-6-8-14/h4-8,13,15-16,19H,9-12,17H2,1-3H3. The fourth-order valence-electron chi connectivity index (χ4n) is 2.14. The molecular formula is C16H28N2OS. The van der Waals surface area contributed by atoms with Gasteiger partial charge in [0.05, 0.1) is 6.10 Å². The Morgan fingerprint density at radius 2 is 1.95 bits per heavy atom. The summed E-state index contributed by atoms with van der Waals surface area (Å²) in [6.07, 6.45) is 3.49. The van der Waals surface area contributed by atoms with Gasteiger partial charge in [0, 0.05) is 18.6 Å². The first-order valence-corrected chi connectivity index (χ1v) is 8.60. The normalized spacial score (nSPS) is 16.1. The monoisotopic (exact) mass is 296 g/mol. The van der Waals surface area contributed by atoms with E-state index in [9.17, 15) is 5.11 Å². The van der Waals surface area contributed by atoms with Gasteiger partial charge in [-0.2, -0.15) is 11.8 Å². The summed E-state index contributed by atoms with van der Waals surface area (Å²) in [7, 11) is 2.06. The second-order valence-electron chi connectivity index (χ2n) is 5.49. The summed E-state index contributed by atoms with van der Waals surface area (Å²) in [4.78, 5) is 2.20. The van der Waals surface area contributed by atoms with Gasteiger partial charge in [0.15, 0.2) is 0 Å². The molecule has 3 atom stereocenters. The Bertz CT molecular complexity index is 361. The lowest BCUT2D eigenvalue weighted by molar-refractivity contribution is 0.0865. The molecule has 20 heavy (non-hydrogen) atoms. The maximum atomic E-state index is 10.3. The molecule has 0 spiro atoms. The second kappa shape index (κ2) is 9.40. The molecule has 0 saturated carbocycles. The van der Waals surface area contributed by atoms with Crippen molar-refractivity contribution in [2.75, 3.05) is 25.6 Å². The first-order valence-electron chi connectivity index (χ1n) is 7.21. The summed E-state index contributed by atoms with van der Waals surface area (Å²) in [5, 5.41) is 10.3. The number of benzene rings is 1. The lowest BCUT2D eigenvalue weighted by atomic mass is 10.0. The first kappa shape index (κ1) is 17.5. The molecule has 0 bridgehead atoms. The number of nitrogens with two attached hydrogens (primary N) is 1. The van der Waals surface area contributed by atoms with Gasteiger partial charge in [-0.15, -0.1) is 0 Å². The Morgan fingerprint density at radius 1 is 1.30 bits per heavy atom. The molecule has 4 heteroatoms. The minimum Gasteiger partial charge on any atom is -0.390 e. The van der Waals surface area contributed by atoms with Gasteiger partial charge >= 0.3 is 0 Å². The van der Waals surface area contributed by atoms with Gasteiger partial charge in [-0.25, -0.2) is 0 Å². The second-order valence-corrected chi connectivity index (χ2v) is 6.48. The lowest BCUT2D eigenvalue weighted by Crippen LogP contribution is -2.45. The minimum absolute atomic E-state index is 0.215. The van der Waals surface area contributed by atoms with E-state index in [0.29, 0.717) is 12.6 Å². The fraction of sp³-hybridized carbons (Fsp3) is 0.625. The van der Waals surface area contributed by atoms with Gasteiger partial charge in [0.1, 0.15) is 0 Å². The Balaban J connectivity index is 2.39. The van der Waals surface area contributed by atoms with E-state index in [2.05, 4.69) is 37.3 Å². The number of rotatable bonds is 9. The molecule has 0 aliphatic rings. The number of thioether (sulfide) groups is 1. The average molecular weight is 296 g/mol. The van der Waals surface area contributed by atoms with Gasteiger partial charge in [-0.3, -0.25) is 0 Å². The van der Waals surface area contributed by atoms with Crippen LogP contribution >= 0.6 is 11.8 Å². The van der Waals surface area contributed by atoms with E-state index in [0.717, 1.165) is 18.6 Å². The van der Waals surface area contributed by atoms with Crippen LogP contribution in [0.1, 0.15) is 18.9 Å². The molecular weight excluding hydrogens is 268 g/mol. The van der Waals surface area contributed by atoms with Gasteiger partial charge < -0.3 is 15.7 Å². The molecule has 3 N–H and O–H groups in total. The highest BCUT2D eigenvalue weighted by Crippen LogP contribution is 2.09. The zero-order valence-electron chi connectivity index (χ0n) is 12.8.